The lowest BCUT2D eigenvalue weighted by atomic mass is 10.1. The van der Waals surface area contributed by atoms with Crippen molar-refractivity contribution in [2.75, 3.05) is 0 Å². The van der Waals surface area contributed by atoms with Gasteiger partial charge >= 0.3 is 0 Å². The summed E-state index contributed by atoms with van der Waals surface area (Å²) in [6.07, 6.45) is 2.77. The van der Waals surface area contributed by atoms with Gasteiger partial charge in [0.15, 0.2) is 23.3 Å². The van der Waals surface area contributed by atoms with Crippen LogP contribution in [-0.4, -0.2) is 26.1 Å². The Morgan fingerprint density at radius 3 is 0.900 bits per heavy atom. The Bertz CT molecular complexity index is 1170. The molecule has 0 saturated carbocycles. The molecule has 0 bridgehead atoms. The van der Waals surface area contributed by atoms with Crippen molar-refractivity contribution >= 4 is 48.1 Å². The maximum atomic E-state index is 15.7. The van der Waals surface area contributed by atoms with Crippen molar-refractivity contribution in [1.29, 1.82) is 0 Å². The molecule has 10 heteroatoms. The Balaban J connectivity index is 2.21. The summed E-state index contributed by atoms with van der Waals surface area (Å²) in [7, 11) is -4.42. The highest BCUT2D eigenvalue weighted by molar-refractivity contribution is 7.30. The molecular weight excluding hydrogens is 585 g/mol. The highest BCUT2D eigenvalue weighted by Crippen LogP contribution is 2.46. The summed E-state index contributed by atoms with van der Waals surface area (Å²) in [5, 5.41) is 0. The highest BCUT2D eigenvalue weighted by Gasteiger charge is 2.48. The van der Waals surface area contributed by atoms with Crippen molar-refractivity contribution in [1.82, 2.24) is 9.97 Å². The molecule has 3 aromatic rings. The van der Waals surface area contributed by atoms with Crippen molar-refractivity contribution in [3.63, 3.8) is 0 Å². The third kappa shape index (κ3) is 4.98. The molecule has 0 amide bonds. The summed E-state index contributed by atoms with van der Waals surface area (Å²) in [5.74, 6) is -5.54. The Hall–Kier alpha value is -1.37. The first kappa shape index (κ1) is 33.1. The van der Waals surface area contributed by atoms with E-state index in [1.165, 1.54) is 35.1 Å². The number of hydrogen-bond donors (Lipinski definition) is 0. The van der Waals surface area contributed by atoms with E-state index in [2.05, 4.69) is 93.1 Å². The zero-order valence-electron chi connectivity index (χ0n) is 25.8. The van der Waals surface area contributed by atoms with Gasteiger partial charge in [-0.2, -0.15) is 0 Å². The lowest BCUT2D eigenvalue weighted by Crippen LogP contribution is -2.55. The standard InChI is InChI=1S/C30H44F4N2S2Si2/c1-15(2)39(16(3)4,17(5)6)29-35-13-21(37-29)23-25(31)27(33)24(28(34)26(23)32)22-14-36-30(38-22)40(18(7)8,19(9)10)20(11)12/h13-20H,1-12H3. The molecule has 2 heterocycles. The van der Waals surface area contributed by atoms with Crippen molar-refractivity contribution in [3.05, 3.63) is 35.7 Å². The molecule has 0 radical (unpaired) electrons. The molecule has 1 aromatic carbocycles. The Labute approximate surface area is 247 Å². The van der Waals surface area contributed by atoms with E-state index in [0.29, 0.717) is 33.2 Å². The average Bonchev–Trinajstić information content (AvgIpc) is 3.49. The summed E-state index contributed by atoms with van der Waals surface area (Å²) in [6.45, 7) is 26.0. The summed E-state index contributed by atoms with van der Waals surface area (Å²) in [6, 6.07) is 0. The van der Waals surface area contributed by atoms with Crippen LogP contribution in [0.2, 0.25) is 33.2 Å². The van der Waals surface area contributed by atoms with E-state index < -0.39 is 50.5 Å². The van der Waals surface area contributed by atoms with E-state index in [-0.39, 0.29) is 9.75 Å². The predicted octanol–water partition coefficient (Wildman–Crippen LogP) is 10.3. The number of aromatic nitrogens is 2. The molecule has 0 aliphatic carbocycles. The zero-order valence-corrected chi connectivity index (χ0v) is 29.5. The van der Waals surface area contributed by atoms with Crippen molar-refractivity contribution in [2.24, 2.45) is 0 Å². The van der Waals surface area contributed by atoms with Crippen LogP contribution in [0.3, 0.4) is 0 Å². The fraction of sp³-hybridized carbons (Fsp3) is 0.600. The SMILES string of the molecule is CC(C)[Si](c1ncc(-c2c(F)c(F)c(-c3cnc([Si](C(C)C)(C(C)C)C(C)C)s3)c(F)c2F)s1)(C(C)C)C(C)C. The molecule has 0 unspecified atom stereocenters. The molecular formula is C30H44F4N2S2Si2. The summed E-state index contributed by atoms with van der Waals surface area (Å²) >= 11 is 2.35. The van der Waals surface area contributed by atoms with Gasteiger partial charge in [-0.05, 0) is 33.2 Å². The van der Waals surface area contributed by atoms with Gasteiger partial charge in [-0.3, -0.25) is 9.97 Å². The number of rotatable bonds is 10. The van der Waals surface area contributed by atoms with Gasteiger partial charge in [0, 0.05) is 12.4 Å². The van der Waals surface area contributed by atoms with Gasteiger partial charge in [0.05, 0.1) is 30.1 Å². The van der Waals surface area contributed by atoms with Crippen LogP contribution < -0.4 is 9.26 Å². The van der Waals surface area contributed by atoms with Crippen molar-refractivity contribution in [3.8, 4) is 20.9 Å². The van der Waals surface area contributed by atoms with Crippen LogP contribution in [0.1, 0.15) is 83.1 Å². The van der Waals surface area contributed by atoms with Gasteiger partial charge in [-0.15, -0.1) is 22.7 Å². The van der Waals surface area contributed by atoms with Crippen LogP contribution in [0.4, 0.5) is 17.6 Å². The molecule has 40 heavy (non-hydrogen) atoms. The molecule has 2 aromatic heterocycles. The molecule has 0 saturated heterocycles. The molecule has 0 aliphatic heterocycles. The average molecular weight is 629 g/mol. The first-order valence-electron chi connectivity index (χ1n) is 14.3. The van der Waals surface area contributed by atoms with Crippen LogP contribution in [0.5, 0.6) is 0 Å². The molecule has 0 spiro atoms. The largest absolute Gasteiger partial charge is 0.254 e. The number of benzene rings is 1. The minimum atomic E-state index is -2.21. The van der Waals surface area contributed by atoms with Gasteiger partial charge in [0.2, 0.25) is 0 Å². The first-order valence-corrected chi connectivity index (χ1v) is 20.4. The second kappa shape index (κ2) is 12.1. The Kier molecular flexibility index (Phi) is 10.0. The molecule has 0 fully saturated rings. The molecule has 0 aliphatic rings. The topological polar surface area (TPSA) is 25.8 Å². The number of nitrogens with zero attached hydrogens (tertiary/aromatic N) is 2. The number of halogens is 4. The lowest BCUT2D eigenvalue weighted by molar-refractivity contribution is 0.463. The van der Waals surface area contributed by atoms with Crippen molar-refractivity contribution < 1.29 is 17.6 Å². The van der Waals surface area contributed by atoms with Crippen LogP contribution in [0.15, 0.2) is 12.4 Å². The second-order valence-corrected chi connectivity index (χ2v) is 27.3. The predicted molar refractivity (Wildman–Crippen MR) is 170 cm³/mol. The van der Waals surface area contributed by atoms with E-state index >= 15 is 17.6 Å². The van der Waals surface area contributed by atoms with E-state index in [1.807, 2.05) is 0 Å². The third-order valence-corrected chi connectivity index (χ3v) is 26.8. The van der Waals surface area contributed by atoms with E-state index in [4.69, 9.17) is 0 Å². The number of thiazole rings is 2. The monoisotopic (exact) mass is 628 g/mol. The molecule has 0 atom stereocenters. The van der Waals surface area contributed by atoms with Crippen LogP contribution in [0.25, 0.3) is 20.9 Å². The lowest BCUT2D eigenvalue weighted by Gasteiger charge is -2.41. The van der Waals surface area contributed by atoms with Gasteiger partial charge in [-0.1, -0.05) is 83.1 Å². The van der Waals surface area contributed by atoms with Gasteiger partial charge in [0.1, 0.15) is 16.1 Å². The van der Waals surface area contributed by atoms with Gasteiger partial charge in [0.25, 0.3) is 0 Å². The summed E-state index contributed by atoms with van der Waals surface area (Å²) in [5.41, 5.74) is 0.618. The Morgan fingerprint density at radius 2 is 0.700 bits per heavy atom. The molecule has 0 N–H and O–H groups in total. The molecule has 2 nitrogen and oxygen atoms in total. The summed E-state index contributed by atoms with van der Waals surface area (Å²) in [4.78, 5) is 9.49. The van der Waals surface area contributed by atoms with Crippen molar-refractivity contribution in [2.45, 2.75) is 116 Å². The normalized spacial score (nSPS) is 13.3. The maximum absolute atomic E-state index is 15.7. The fourth-order valence-corrected chi connectivity index (χ4v) is 27.0. The zero-order chi connectivity index (χ0) is 30.5. The highest BCUT2D eigenvalue weighted by atomic mass is 32.1. The van der Waals surface area contributed by atoms with Gasteiger partial charge in [-0.25, -0.2) is 17.6 Å². The fourth-order valence-electron chi connectivity index (χ4n) is 7.73. The van der Waals surface area contributed by atoms with Crippen LogP contribution in [-0.2, 0) is 0 Å². The van der Waals surface area contributed by atoms with Crippen LogP contribution >= 0.6 is 22.7 Å². The minimum absolute atomic E-state index is 0.115. The van der Waals surface area contributed by atoms with Crippen LogP contribution in [0, 0.1) is 23.3 Å². The smallest absolute Gasteiger partial charge is 0.171 e. The Morgan fingerprint density at radius 1 is 0.475 bits per heavy atom. The quantitative estimate of drug-likeness (QED) is 0.127. The number of hydrogen-bond acceptors (Lipinski definition) is 4. The van der Waals surface area contributed by atoms with E-state index in [0.717, 1.165) is 9.26 Å². The third-order valence-electron chi connectivity index (χ3n) is 9.24. The minimum Gasteiger partial charge on any atom is -0.254 e. The maximum Gasteiger partial charge on any atom is 0.171 e. The van der Waals surface area contributed by atoms with E-state index in [1.54, 1.807) is 0 Å². The second-order valence-electron chi connectivity index (χ2n) is 12.9. The first-order chi connectivity index (χ1) is 18.5. The van der Waals surface area contributed by atoms with Gasteiger partial charge < -0.3 is 0 Å². The molecule has 3 rings (SSSR count). The molecule has 222 valence electrons. The summed E-state index contributed by atoms with van der Waals surface area (Å²) < 4.78 is 64.4. The van der Waals surface area contributed by atoms with E-state index in [9.17, 15) is 0 Å².